The molecule has 0 saturated carbocycles. The highest BCUT2D eigenvalue weighted by atomic mass is 35.5. The van der Waals surface area contributed by atoms with Gasteiger partial charge in [0.2, 0.25) is 0 Å². The third-order valence-corrected chi connectivity index (χ3v) is 3.32. The van der Waals surface area contributed by atoms with Gasteiger partial charge < -0.3 is 19.3 Å². The minimum Gasteiger partial charge on any atom is -0.496 e. The summed E-state index contributed by atoms with van der Waals surface area (Å²) in [6.45, 7) is 0. The van der Waals surface area contributed by atoms with E-state index in [1.54, 1.807) is 44.8 Å². The van der Waals surface area contributed by atoms with E-state index in [-0.39, 0.29) is 12.4 Å². The predicted molar refractivity (Wildman–Crippen MR) is 84.6 cm³/mol. The number of nitrogens with zero attached hydrogens (tertiary/aromatic N) is 1. The number of aliphatic hydroxyl groups is 1. The highest BCUT2D eigenvalue weighted by molar-refractivity contribution is 5.85. The average molecular weight is 322 g/mol. The summed E-state index contributed by atoms with van der Waals surface area (Å²) in [4.78, 5) is 3.97. The molecule has 1 atom stereocenters. The zero-order valence-electron chi connectivity index (χ0n) is 12.1. The van der Waals surface area contributed by atoms with Crippen molar-refractivity contribution in [2.24, 2.45) is 0 Å². The van der Waals surface area contributed by atoms with Crippen LogP contribution in [0.4, 0.5) is 0 Å². The first-order valence-corrected chi connectivity index (χ1v) is 6.47. The number of methoxy groups -OCH3 is 2. The molecule has 3 rings (SSSR count). The molecule has 1 aliphatic rings. The van der Waals surface area contributed by atoms with E-state index in [2.05, 4.69) is 4.98 Å². The zero-order chi connectivity index (χ0) is 14.8. The molecule has 1 N–H and O–H groups in total. The maximum Gasteiger partial charge on any atom is 0.141 e. The Morgan fingerprint density at radius 3 is 2.50 bits per heavy atom. The summed E-state index contributed by atoms with van der Waals surface area (Å²) in [6.07, 6.45) is 4.19. The molecule has 0 fully saturated rings. The first-order valence-electron chi connectivity index (χ1n) is 6.47. The molecule has 1 aliphatic heterocycles. The van der Waals surface area contributed by atoms with Gasteiger partial charge in [-0.05, 0) is 18.2 Å². The van der Waals surface area contributed by atoms with Crippen LogP contribution >= 0.6 is 12.4 Å². The van der Waals surface area contributed by atoms with Gasteiger partial charge in [-0.15, -0.1) is 12.4 Å². The van der Waals surface area contributed by atoms with Crippen LogP contribution in [0.2, 0.25) is 0 Å². The lowest BCUT2D eigenvalue weighted by atomic mass is 10.0. The monoisotopic (exact) mass is 321 g/mol. The van der Waals surface area contributed by atoms with E-state index >= 15 is 0 Å². The highest BCUT2D eigenvalue weighted by Gasteiger charge is 2.26. The number of rotatable bonds is 3. The molecule has 0 amide bonds. The van der Waals surface area contributed by atoms with Gasteiger partial charge in [0.1, 0.15) is 29.1 Å². The van der Waals surface area contributed by atoms with Gasteiger partial charge in [0.15, 0.2) is 0 Å². The molecule has 1 aromatic carbocycles. The van der Waals surface area contributed by atoms with Gasteiger partial charge >= 0.3 is 0 Å². The number of ether oxygens (including phenoxy) is 3. The second kappa shape index (κ2) is 6.68. The van der Waals surface area contributed by atoms with Crippen molar-refractivity contribution in [1.29, 1.82) is 0 Å². The predicted octanol–water partition coefficient (Wildman–Crippen LogP) is 2.99. The Balaban J connectivity index is 0.00000176. The maximum atomic E-state index is 10.4. The van der Waals surface area contributed by atoms with Gasteiger partial charge in [0.25, 0.3) is 0 Å². The average Bonchev–Trinajstić information content (AvgIpc) is 2.54. The number of benzene rings is 1. The van der Waals surface area contributed by atoms with E-state index in [1.165, 1.54) is 0 Å². The van der Waals surface area contributed by atoms with Gasteiger partial charge in [0.05, 0.1) is 19.8 Å². The summed E-state index contributed by atoms with van der Waals surface area (Å²) in [7, 11) is 3.11. The van der Waals surface area contributed by atoms with Crippen molar-refractivity contribution in [3.63, 3.8) is 0 Å². The number of pyridine rings is 1. The van der Waals surface area contributed by atoms with Gasteiger partial charge in [-0.25, -0.2) is 0 Å². The van der Waals surface area contributed by atoms with E-state index in [0.29, 0.717) is 28.6 Å². The number of aliphatic hydroxyl groups excluding tert-OH is 1. The van der Waals surface area contributed by atoms with Crippen LogP contribution in [0.3, 0.4) is 0 Å². The summed E-state index contributed by atoms with van der Waals surface area (Å²) in [5.74, 6) is 2.23. The largest absolute Gasteiger partial charge is 0.496 e. The second-order valence-electron chi connectivity index (χ2n) is 4.56. The highest BCUT2D eigenvalue weighted by Crippen LogP contribution is 2.44. The van der Waals surface area contributed by atoms with Gasteiger partial charge in [-0.3, -0.25) is 4.98 Å². The lowest BCUT2D eigenvalue weighted by molar-refractivity contribution is 0.210. The number of fused-ring (bicyclic) bond motifs is 1. The normalized spacial score (nSPS) is 15.8. The van der Waals surface area contributed by atoms with Crippen LogP contribution in [-0.2, 0) is 0 Å². The fourth-order valence-electron chi connectivity index (χ4n) is 2.29. The molecule has 5 nitrogen and oxygen atoms in total. The summed E-state index contributed by atoms with van der Waals surface area (Å²) in [5.41, 5.74) is 1.44. The van der Waals surface area contributed by atoms with E-state index in [4.69, 9.17) is 14.2 Å². The Morgan fingerprint density at radius 1 is 1.14 bits per heavy atom. The maximum absolute atomic E-state index is 10.4. The SMILES string of the molecule is COc1cc(OC)c2c(c1)OC(c1ccncc1)=CC2O.Cl. The molecule has 0 radical (unpaired) electrons. The van der Waals surface area contributed by atoms with Crippen LogP contribution in [0.5, 0.6) is 17.2 Å². The molecule has 1 aromatic heterocycles. The molecule has 116 valence electrons. The van der Waals surface area contributed by atoms with Crippen LogP contribution in [0.25, 0.3) is 5.76 Å². The molecule has 2 aromatic rings. The van der Waals surface area contributed by atoms with Crippen molar-refractivity contribution in [3.05, 3.63) is 53.9 Å². The molecule has 6 heteroatoms. The minimum absolute atomic E-state index is 0. The smallest absolute Gasteiger partial charge is 0.141 e. The number of hydrogen-bond acceptors (Lipinski definition) is 5. The molecule has 0 spiro atoms. The van der Waals surface area contributed by atoms with Crippen molar-refractivity contribution in [2.75, 3.05) is 14.2 Å². The van der Waals surface area contributed by atoms with Crippen LogP contribution in [-0.4, -0.2) is 24.3 Å². The molecular weight excluding hydrogens is 306 g/mol. The van der Waals surface area contributed by atoms with Gasteiger partial charge in [0, 0.05) is 30.1 Å². The van der Waals surface area contributed by atoms with Crippen molar-refractivity contribution in [3.8, 4) is 17.2 Å². The fourth-order valence-corrected chi connectivity index (χ4v) is 2.29. The Hall–Kier alpha value is -2.24. The van der Waals surface area contributed by atoms with E-state index < -0.39 is 6.10 Å². The van der Waals surface area contributed by atoms with E-state index in [0.717, 1.165) is 5.56 Å². The fraction of sp³-hybridized carbons (Fsp3) is 0.188. The molecule has 22 heavy (non-hydrogen) atoms. The summed E-state index contributed by atoms with van der Waals surface area (Å²) < 4.78 is 16.4. The molecular formula is C16H16ClNO4. The Kier molecular flexibility index (Phi) is 4.90. The van der Waals surface area contributed by atoms with E-state index in [1.807, 2.05) is 12.1 Å². The zero-order valence-corrected chi connectivity index (χ0v) is 13.0. The lowest BCUT2D eigenvalue weighted by Crippen LogP contribution is -2.10. The quantitative estimate of drug-likeness (QED) is 0.941. The molecule has 0 saturated heterocycles. The molecule has 1 unspecified atom stereocenters. The Morgan fingerprint density at radius 2 is 1.86 bits per heavy atom. The Bertz CT molecular complexity index is 688. The summed E-state index contributed by atoms with van der Waals surface area (Å²) in [5, 5.41) is 10.4. The van der Waals surface area contributed by atoms with Crippen molar-refractivity contribution in [2.45, 2.75) is 6.10 Å². The molecule has 0 bridgehead atoms. The van der Waals surface area contributed by atoms with Crippen LogP contribution in [0.15, 0.2) is 42.7 Å². The van der Waals surface area contributed by atoms with Crippen molar-refractivity contribution < 1.29 is 19.3 Å². The van der Waals surface area contributed by atoms with Gasteiger partial charge in [-0.2, -0.15) is 0 Å². The van der Waals surface area contributed by atoms with Crippen LogP contribution < -0.4 is 14.2 Å². The summed E-state index contributed by atoms with van der Waals surface area (Å²) >= 11 is 0. The van der Waals surface area contributed by atoms with Crippen LogP contribution in [0.1, 0.15) is 17.2 Å². The first kappa shape index (κ1) is 16.1. The topological polar surface area (TPSA) is 60.8 Å². The standard InChI is InChI=1S/C16H15NO4.ClH/c1-19-11-7-14(20-2)16-12(18)9-13(21-15(16)8-11)10-3-5-17-6-4-10;/h3-9,12,18H,1-2H3;1H. The number of hydrogen-bond donors (Lipinski definition) is 1. The van der Waals surface area contributed by atoms with Crippen molar-refractivity contribution in [1.82, 2.24) is 4.98 Å². The minimum atomic E-state index is -0.808. The van der Waals surface area contributed by atoms with Gasteiger partial charge in [-0.1, -0.05) is 0 Å². The lowest BCUT2D eigenvalue weighted by Gasteiger charge is -2.24. The molecule has 2 heterocycles. The van der Waals surface area contributed by atoms with Crippen molar-refractivity contribution >= 4 is 18.2 Å². The second-order valence-corrected chi connectivity index (χ2v) is 4.56. The third kappa shape index (κ3) is 2.86. The number of aromatic nitrogens is 1. The number of halogens is 1. The first-order chi connectivity index (χ1) is 10.2. The summed E-state index contributed by atoms with van der Waals surface area (Å²) in [6, 6.07) is 7.09. The van der Waals surface area contributed by atoms with Crippen LogP contribution in [0, 0.1) is 0 Å². The molecule has 0 aliphatic carbocycles. The third-order valence-electron chi connectivity index (χ3n) is 3.32. The Labute approximate surface area is 134 Å². The van der Waals surface area contributed by atoms with E-state index in [9.17, 15) is 5.11 Å².